The number of hydrogen-bond donors (Lipinski definition) is 1. The maximum absolute atomic E-state index is 13.2. The van der Waals surface area contributed by atoms with E-state index in [1.807, 2.05) is 12.1 Å². The molecular formula is C17H23FN2. The second-order valence-corrected chi connectivity index (χ2v) is 5.85. The van der Waals surface area contributed by atoms with Gasteiger partial charge in [-0.1, -0.05) is 25.7 Å². The number of halogens is 1. The van der Waals surface area contributed by atoms with Gasteiger partial charge in [0.1, 0.15) is 5.82 Å². The van der Waals surface area contributed by atoms with Gasteiger partial charge in [-0.3, -0.25) is 0 Å². The first-order valence-electron chi connectivity index (χ1n) is 7.81. The van der Waals surface area contributed by atoms with Gasteiger partial charge in [0.05, 0.1) is 0 Å². The van der Waals surface area contributed by atoms with Gasteiger partial charge >= 0.3 is 0 Å². The molecule has 1 N–H and O–H groups in total. The van der Waals surface area contributed by atoms with Crippen LogP contribution in [0.5, 0.6) is 0 Å². The maximum atomic E-state index is 13.2. The van der Waals surface area contributed by atoms with E-state index < -0.39 is 0 Å². The summed E-state index contributed by atoms with van der Waals surface area (Å²) in [6.07, 6.45) is 10.2. The van der Waals surface area contributed by atoms with Crippen LogP contribution in [0.2, 0.25) is 0 Å². The van der Waals surface area contributed by atoms with Crippen LogP contribution in [0.3, 0.4) is 0 Å². The van der Waals surface area contributed by atoms with E-state index in [0.717, 1.165) is 24.0 Å². The lowest BCUT2D eigenvalue weighted by Crippen LogP contribution is -2.31. The fourth-order valence-electron chi connectivity index (χ4n) is 3.24. The van der Waals surface area contributed by atoms with Crippen LogP contribution < -0.4 is 5.32 Å². The summed E-state index contributed by atoms with van der Waals surface area (Å²) in [5, 5.41) is 4.67. The molecule has 1 heterocycles. The molecule has 0 radical (unpaired) electrons. The normalized spacial score (nSPS) is 17.4. The molecule has 1 saturated carbocycles. The SMILES string of the molecule is Fc1ccc2c(ccn2CCNC2CCCCCC2)c1. The first-order chi connectivity index (χ1) is 9.83. The Morgan fingerprint density at radius 3 is 2.70 bits per heavy atom. The standard InChI is InChI=1S/C17H23FN2/c18-15-7-8-17-14(13-15)9-11-20(17)12-10-19-16-5-3-1-2-4-6-16/h7-9,11,13,16,19H,1-6,10,12H2. The van der Waals surface area contributed by atoms with E-state index in [0.29, 0.717) is 6.04 Å². The van der Waals surface area contributed by atoms with E-state index in [2.05, 4.69) is 16.1 Å². The zero-order valence-electron chi connectivity index (χ0n) is 11.9. The van der Waals surface area contributed by atoms with Crippen LogP contribution >= 0.6 is 0 Å². The number of aromatic nitrogens is 1. The average Bonchev–Trinajstić information content (AvgIpc) is 2.67. The fourth-order valence-corrected chi connectivity index (χ4v) is 3.24. The Morgan fingerprint density at radius 1 is 1.10 bits per heavy atom. The third-order valence-electron chi connectivity index (χ3n) is 4.37. The van der Waals surface area contributed by atoms with Crippen molar-refractivity contribution in [3.63, 3.8) is 0 Å². The van der Waals surface area contributed by atoms with Gasteiger partial charge in [-0.05, 0) is 37.1 Å². The fraction of sp³-hybridized carbons (Fsp3) is 0.529. The lowest BCUT2D eigenvalue weighted by Gasteiger charge is -2.16. The van der Waals surface area contributed by atoms with Crippen LogP contribution in [0.15, 0.2) is 30.5 Å². The zero-order valence-corrected chi connectivity index (χ0v) is 11.9. The smallest absolute Gasteiger partial charge is 0.123 e. The summed E-state index contributed by atoms with van der Waals surface area (Å²) in [5.41, 5.74) is 1.12. The molecule has 3 heteroatoms. The van der Waals surface area contributed by atoms with Gasteiger partial charge < -0.3 is 9.88 Å². The number of fused-ring (bicyclic) bond motifs is 1. The van der Waals surface area contributed by atoms with Crippen molar-refractivity contribution in [2.75, 3.05) is 6.54 Å². The summed E-state index contributed by atoms with van der Waals surface area (Å²) < 4.78 is 15.4. The van der Waals surface area contributed by atoms with Gasteiger partial charge in [0.15, 0.2) is 0 Å². The molecule has 0 bridgehead atoms. The summed E-state index contributed by atoms with van der Waals surface area (Å²) in [6, 6.07) is 7.69. The number of benzene rings is 1. The van der Waals surface area contributed by atoms with Gasteiger partial charge in [-0.15, -0.1) is 0 Å². The van der Waals surface area contributed by atoms with Crippen LogP contribution in [0.25, 0.3) is 10.9 Å². The van der Waals surface area contributed by atoms with Crippen LogP contribution in [0, 0.1) is 5.82 Å². The molecule has 20 heavy (non-hydrogen) atoms. The van der Waals surface area contributed by atoms with Gasteiger partial charge in [0.2, 0.25) is 0 Å². The molecular weight excluding hydrogens is 251 g/mol. The van der Waals surface area contributed by atoms with E-state index in [1.165, 1.54) is 44.6 Å². The molecule has 0 unspecified atom stereocenters. The Balaban J connectivity index is 1.57. The summed E-state index contributed by atoms with van der Waals surface area (Å²) >= 11 is 0. The average molecular weight is 274 g/mol. The molecule has 1 aromatic heterocycles. The second kappa shape index (κ2) is 6.40. The molecule has 0 saturated heterocycles. The Kier molecular flexibility index (Phi) is 4.36. The van der Waals surface area contributed by atoms with Crippen molar-refractivity contribution in [3.8, 4) is 0 Å². The summed E-state index contributed by atoms with van der Waals surface area (Å²) in [6.45, 7) is 1.94. The summed E-state index contributed by atoms with van der Waals surface area (Å²) in [7, 11) is 0. The molecule has 0 spiro atoms. The van der Waals surface area contributed by atoms with E-state index >= 15 is 0 Å². The highest BCUT2D eigenvalue weighted by Crippen LogP contribution is 2.18. The van der Waals surface area contributed by atoms with E-state index in [1.54, 1.807) is 6.07 Å². The highest BCUT2D eigenvalue weighted by Gasteiger charge is 2.11. The highest BCUT2D eigenvalue weighted by molar-refractivity contribution is 5.80. The largest absolute Gasteiger partial charge is 0.346 e. The maximum Gasteiger partial charge on any atom is 0.123 e. The predicted molar refractivity (Wildman–Crippen MR) is 81.4 cm³/mol. The van der Waals surface area contributed by atoms with Crippen molar-refractivity contribution in [1.29, 1.82) is 0 Å². The van der Waals surface area contributed by atoms with Gasteiger partial charge in [0.25, 0.3) is 0 Å². The van der Waals surface area contributed by atoms with E-state index in [-0.39, 0.29) is 5.82 Å². The number of rotatable bonds is 4. The molecule has 0 aliphatic heterocycles. The lowest BCUT2D eigenvalue weighted by molar-refractivity contribution is 0.447. The molecule has 1 aromatic carbocycles. The third-order valence-corrected chi connectivity index (χ3v) is 4.37. The Morgan fingerprint density at radius 2 is 1.90 bits per heavy atom. The first-order valence-corrected chi connectivity index (χ1v) is 7.81. The molecule has 0 atom stereocenters. The van der Waals surface area contributed by atoms with Crippen molar-refractivity contribution < 1.29 is 4.39 Å². The second-order valence-electron chi connectivity index (χ2n) is 5.85. The Bertz CT molecular complexity index is 553. The summed E-state index contributed by atoms with van der Waals surface area (Å²) in [4.78, 5) is 0. The van der Waals surface area contributed by atoms with Crippen LogP contribution in [0.4, 0.5) is 4.39 Å². The zero-order chi connectivity index (χ0) is 13.8. The molecule has 0 amide bonds. The minimum Gasteiger partial charge on any atom is -0.346 e. The quantitative estimate of drug-likeness (QED) is 0.831. The summed E-state index contributed by atoms with van der Waals surface area (Å²) in [5.74, 6) is -0.160. The Hall–Kier alpha value is -1.35. The van der Waals surface area contributed by atoms with Crippen molar-refractivity contribution in [2.45, 2.75) is 51.1 Å². The topological polar surface area (TPSA) is 17.0 Å². The predicted octanol–water partition coefficient (Wildman–Crippen LogP) is 4.09. The lowest BCUT2D eigenvalue weighted by atomic mass is 10.1. The number of nitrogens with zero attached hydrogens (tertiary/aromatic N) is 1. The molecule has 2 nitrogen and oxygen atoms in total. The molecule has 2 aromatic rings. The molecule has 1 aliphatic carbocycles. The monoisotopic (exact) mass is 274 g/mol. The Labute approximate surface area is 120 Å². The van der Waals surface area contributed by atoms with Gasteiger partial charge in [-0.25, -0.2) is 4.39 Å². The van der Waals surface area contributed by atoms with Crippen LogP contribution in [-0.4, -0.2) is 17.2 Å². The highest BCUT2D eigenvalue weighted by atomic mass is 19.1. The molecule has 1 fully saturated rings. The minimum absolute atomic E-state index is 0.160. The minimum atomic E-state index is -0.160. The van der Waals surface area contributed by atoms with Crippen LogP contribution in [0.1, 0.15) is 38.5 Å². The van der Waals surface area contributed by atoms with E-state index in [4.69, 9.17) is 0 Å². The molecule has 1 aliphatic rings. The van der Waals surface area contributed by atoms with Crippen molar-refractivity contribution in [3.05, 3.63) is 36.3 Å². The molecule has 3 rings (SSSR count). The van der Waals surface area contributed by atoms with Crippen molar-refractivity contribution in [2.24, 2.45) is 0 Å². The number of hydrogen-bond acceptors (Lipinski definition) is 1. The van der Waals surface area contributed by atoms with E-state index in [9.17, 15) is 4.39 Å². The molecule has 108 valence electrons. The van der Waals surface area contributed by atoms with Crippen molar-refractivity contribution in [1.82, 2.24) is 9.88 Å². The number of nitrogens with one attached hydrogen (secondary N) is 1. The van der Waals surface area contributed by atoms with Gasteiger partial charge in [-0.2, -0.15) is 0 Å². The third kappa shape index (κ3) is 3.21. The van der Waals surface area contributed by atoms with Gasteiger partial charge in [0, 0.05) is 36.2 Å². The first kappa shape index (κ1) is 13.6. The van der Waals surface area contributed by atoms with Crippen molar-refractivity contribution >= 4 is 10.9 Å². The van der Waals surface area contributed by atoms with Crippen LogP contribution in [-0.2, 0) is 6.54 Å².